The summed E-state index contributed by atoms with van der Waals surface area (Å²) in [6.07, 6.45) is 6.36. The molecule has 0 bridgehead atoms. The normalized spacial score (nSPS) is 28.6. The van der Waals surface area contributed by atoms with Crippen molar-refractivity contribution in [3.05, 3.63) is 0 Å². The fourth-order valence-corrected chi connectivity index (χ4v) is 3.59. The van der Waals surface area contributed by atoms with Crippen molar-refractivity contribution in [3.63, 3.8) is 0 Å². The predicted molar refractivity (Wildman–Crippen MR) is 67.4 cm³/mol. The number of rotatable bonds is 2. The molecule has 0 amide bonds. The third-order valence-corrected chi connectivity index (χ3v) is 4.60. The number of aliphatic imine (C=N–C) groups is 1. The average Bonchev–Trinajstić information content (AvgIpc) is 2.88. The first kappa shape index (κ1) is 11.1. The average molecular weight is 227 g/mol. The molecule has 1 saturated heterocycles. The van der Waals surface area contributed by atoms with Gasteiger partial charge in [0.15, 0.2) is 5.96 Å². The van der Waals surface area contributed by atoms with Gasteiger partial charge in [0.1, 0.15) is 0 Å². The summed E-state index contributed by atoms with van der Waals surface area (Å²) in [4.78, 5) is 6.81. The van der Waals surface area contributed by atoms with Gasteiger partial charge in [-0.25, -0.2) is 4.99 Å². The maximum atomic E-state index is 6.04. The summed E-state index contributed by atoms with van der Waals surface area (Å²) in [5.74, 6) is 3.23. The quantitative estimate of drug-likeness (QED) is 0.576. The lowest BCUT2D eigenvalue weighted by atomic mass is 10.2. The lowest BCUT2D eigenvalue weighted by Gasteiger charge is -2.25. The Kier molecular flexibility index (Phi) is 3.78. The monoisotopic (exact) mass is 227 g/mol. The predicted octanol–water partition coefficient (Wildman–Crippen LogP) is 1.68. The van der Waals surface area contributed by atoms with Crippen molar-refractivity contribution in [1.29, 1.82) is 0 Å². The van der Waals surface area contributed by atoms with E-state index in [9.17, 15) is 0 Å². The van der Waals surface area contributed by atoms with Gasteiger partial charge in [0, 0.05) is 18.8 Å². The van der Waals surface area contributed by atoms with Crippen LogP contribution >= 0.6 is 11.8 Å². The molecule has 1 saturated carbocycles. The van der Waals surface area contributed by atoms with Gasteiger partial charge in [-0.15, -0.1) is 0 Å². The molecule has 2 aliphatic rings. The van der Waals surface area contributed by atoms with Gasteiger partial charge < -0.3 is 10.6 Å². The number of guanidine groups is 1. The first-order chi connectivity index (χ1) is 7.27. The van der Waals surface area contributed by atoms with Crippen molar-refractivity contribution in [3.8, 4) is 0 Å². The van der Waals surface area contributed by atoms with Crippen molar-refractivity contribution in [2.75, 3.05) is 18.6 Å². The minimum Gasteiger partial charge on any atom is -0.370 e. The zero-order valence-corrected chi connectivity index (χ0v) is 10.3. The van der Waals surface area contributed by atoms with E-state index in [1.54, 1.807) is 0 Å². The SMILES string of the molecule is CN(C(N)=NC1CCCC1)C1CCSC1. The summed E-state index contributed by atoms with van der Waals surface area (Å²) in [5.41, 5.74) is 6.04. The largest absolute Gasteiger partial charge is 0.370 e. The van der Waals surface area contributed by atoms with Gasteiger partial charge in [-0.3, -0.25) is 0 Å². The van der Waals surface area contributed by atoms with Gasteiger partial charge in [0.2, 0.25) is 0 Å². The highest BCUT2D eigenvalue weighted by Gasteiger charge is 2.22. The molecule has 0 spiro atoms. The van der Waals surface area contributed by atoms with E-state index >= 15 is 0 Å². The van der Waals surface area contributed by atoms with Crippen molar-refractivity contribution < 1.29 is 0 Å². The van der Waals surface area contributed by atoms with Crippen LogP contribution in [0.4, 0.5) is 0 Å². The van der Waals surface area contributed by atoms with E-state index in [0.29, 0.717) is 12.1 Å². The summed E-state index contributed by atoms with van der Waals surface area (Å²) in [6.45, 7) is 0. The van der Waals surface area contributed by atoms with Crippen LogP contribution in [0.2, 0.25) is 0 Å². The van der Waals surface area contributed by atoms with Crippen molar-refractivity contribution in [1.82, 2.24) is 4.90 Å². The fraction of sp³-hybridized carbons (Fsp3) is 0.909. The van der Waals surface area contributed by atoms with Gasteiger partial charge >= 0.3 is 0 Å². The number of thioether (sulfide) groups is 1. The summed E-state index contributed by atoms with van der Waals surface area (Å²) in [5, 5.41) is 0. The summed E-state index contributed by atoms with van der Waals surface area (Å²) >= 11 is 2.02. The summed E-state index contributed by atoms with van der Waals surface area (Å²) in [6, 6.07) is 1.11. The van der Waals surface area contributed by atoms with Gasteiger partial charge in [0.25, 0.3) is 0 Å². The van der Waals surface area contributed by atoms with E-state index in [1.807, 2.05) is 11.8 Å². The summed E-state index contributed by atoms with van der Waals surface area (Å²) < 4.78 is 0. The molecule has 1 heterocycles. The van der Waals surface area contributed by atoms with Gasteiger partial charge in [-0.1, -0.05) is 12.8 Å². The molecule has 3 nitrogen and oxygen atoms in total. The van der Waals surface area contributed by atoms with E-state index in [2.05, 4.69) is 16.9 Å². The van der Waals surface area contributed by atoms with Gasteiger partial charge in [-0.05, 0) is 25.0 Å². The van der Waals surface area contributed by atoms with Crippen LogP contribution in [-0.2, 0) is 0 Å². The molecular weight excluding hydrogens is 206 g/mol. The highest BCUT2D eigenvalue weighted by Crippen LogP contribution is 2.23. The Labute approximate surface area is 96.5 Å². The Balaban J connectivity index is 1.89. The lowest BCUT2D eigenvalue weighted by Crippen LogP contribution is -2.42. The third kappa shape index (κ3) is 2.80. The molecular formula is C11H21N3S. The van der Waals surface area contributed by atoms with Gasteiger partial charge in [0.05, 0.1) is 6.04 Å². The smallest absolute Gasteiger partial charge is 0.191 e. The van der Waals surface area contributed by atoms with E-state index in [1.165, 1.54) is 43.6 Å². The highest BCUT2D eigenvalue weighted by atomic mass is 32.2. The lowest BCUT2D eigenvalue weighted by molar-refractivity contribution is 0.390. The van der Waals surface area contributed by atoms with E-state index in [-0.39, 0.29) is 0 Å². The molecule has 15 heavy (non-hydrogen) atoms. The molecule has 2 rings (SSSR count). The molecule has 86 valence electrons. The second kappa shape index (κ2) is 5.10. The molecule has 2 fully saturated rings. The third-order valence-electron chi connectivity index (χ3n) is 3.45. The first-order valence-corrected chi connectivity index (χ1v) is 7.06. The Morgan fingerprint density at radius 1 is 1.33 bits per heavy atom. The molecule has 1 atom stereocenters. The van der Waals surface area contributed by atoms with Crippen LogP contribution in [0, 0.1) is 0 Å². The van der Waals surface area contributed by atoms with Crippen molar-refractivity contribution in [2.24, 2.45) is 10.7 Å². The maximum absolute atomic E-state index is 6.04. The first-order valence-electron chi connectivity index (χ1n) is 5.91. The molecule has 1 unspecified atom stereocenters. The molecule has 0 aromatic heterocycles. The van der Waals surface area contributed by atoms with Crippen LogP contribution in [0.1, 0.15) is 32.1 Å². The van der Waals surface area contributed by atoms with E-state index in [0.717, 1.165) is 5.96 Å². The molecule has 2 N–H and O–H groups in total. The summed E-state index contributed by atoms with van der Waals surface area (Å²) in [7, 11) is 2.09. The Hall–Kier alpha value is -0.380. The Morgan fingerprint density at radius 3 is 2.67 bits per heavy atom. The number of hydrogen-bond acceptors (Lipinski definition) is 2. The number of nitrogens with two attached hydrogens (primary N) is 1. The molecule has 0 aromatic carbocycles. The second-order valence-electron chi connectivity index (χ2n) is 4.55. The second-order valence-corrected chi connectivity index (χ2v) is 5.70. The maximum Gasteiger partial charge on any atom is 0.191 e. The standard InChI is InChI=1S/C11H21N3S/c1-14(10-6-7-15-8-10)11(12)13-9-4-2-3-5-9/h9-10H,2-8H2,1H3,(H2,12,13). The van der Waals surface area contributed by atoms with Crippen LogP contribution in [0.3, 0.4) is 0 Å². The minimum absolute atomic E-state index is 0.501. The Bertz CT molecular complexity index is 230. The Morgan fingerprint density at radius 2 is 2.07 bits per heavy atom. The topological polar surface area (TPSA) is 41.6 Å². The van der Waals surface area contributed by atoms with Crippen LogP contribution in [0.25, 0.3) is 0 Å². The van der Waals surface area contributed by atoms with Crippen molar-refractivity contribution in [2.45, 2.75) is 44.2 Å². The van der Waals surface area contributed by atoms with Gasteiger partial charge in [-0.2, -0.15) is 11.8 Å². The zero-order valence-electron chi connectivity index (χ0n) is 9.48. The molecule has 4 heteroatoms. The van der Waals surface area contributed by atoms with Crippen LogP contribution in [0.5, 0.6) is 0 Å². The molecule has 0 radical (unpaired) electrons. The van der Waals surface area contributed by atoms with Crippen LogP contribution < -0.4 is 5.73 Å². The highest BCUT2D eigenvalue weighted by molar-refractivity contribution is 7.99. The minimum atomic E-state index is 0.501. The molecule has 1 aliphatic carbocycles. The fourth-order valence-electron chi connectivity index (χ4n) is 2.33. The van der Waals surface area contributed by atoms with Crippen LogP contribution in [-0.4, -0.2) is 41.5 Å². The van der Waals surface area contributed by atoms with E-state index < -0.39 is 0 Å². The van der Waals surface area contributed by atoms with Crippen molar-refractivity contribution >= 4 is 17.7 Å². The number of nitrogens with zero attached hydrogens (tertiary/aromatic N) is 2. The zero-order chi connectivity index (χ0) is 10.7. The molecule has 1 aliphatic heterocycles. The number of hydrogen-bond donors (Lipinski definition) is 1. The molecule has 0 aromatic rings. The van der Waals surface area contributed by atoms with E-state index in [4.69, 9.17) is 5.73 Å². The van der Waals surface area contributed by atoms with Crippen LogP contribution in [0.15, 0.2) is 4.99 Å².